The van der Waals surface area contributed by atoms with Gasteiger partial charge < -0.3 is 26.0 Å². The van der Waals surface area contributed by atoms with Gasteiger partial charge in [0, 0.05) is 47.2 Å². The monoisotopic (exact) mass is 548 g/mol. The average Bonchev–Trinajstić information content (AvgIpc) is 3.42. The van der Waals surface area contributed by atoms with Crippen LogP contribution in [-0.4, -0.2) is 35.1 Å². The Morgan fingerprint density at radius 1 is 0.976 bits per heavy atom. The number of halogens is 1. The molecule has 1 fully saturated rings. The van der Waals surface area contributed by atoms with Crippen LogP contribution in [0, 0.1) is 12.7 Å². The number of nitrogens with two attached hydrogens (primary N) is 1. The Labute approximate surface area is 238 Å². The van der Waals surface area contributed by atoms with Gasteiger partial charge in [0.05, 0.1) is 6.04 Å². The predicted octanol–water partition coefficient (Wildman–Crippen LogP) is 6.43. The third-order valence-corrected chi connectivity index (χ3v) is 8.03. The molecule has 0 bridgehead atoms. The van der Waals surface area contributed by atoms with E-state index in [1.54, 1.807) is 0 Å². The smallest absolute Gasteiger partial charge is 0.252 e. The minimum Gasteiger partial charge on any atom is -0.508 e. The first-order valence-corrected chi connectivity index (χ1v) is 13.9. The van der Waals surface area contributed by atoms with E-state index in [-0.39, 0.29) is 23.3 Å². The van der Waals surface area contributed by atoms with Gasteiger partial charge in [-0.25, -0.2) is 4.39 Å². The Kier molecular flexibility index (Phi) is 7.20. The molecule has 208 valence electrons. The molecule has 6 rings (SSSR count). The van der Waals surface area contributed by atoms with Crippen molar-refractivity contribution in [2.45, 2.75) is 31.8 Å². The van der Waals surface area contributed by atoms with Crippen LogP contribution in [0.4, 0.5) is 10.1 Å². The number of nitrogens with zero attached hydrogens (tertiary/aromatic N) is 1. The van der Waals surface area contributed by atoms with Crippen LogP contribution in [0.15, 0.2) is 91.0 Å². The van der Waals surface area contributed by atoms with Crippen LogP contribution in [0.3, 0.4) is 0 Å². The van der Waals surface area contributed by atoms with Gasteiger partial charge in [-0.1, -0.05) is 42.5 Å². The van der Waals surface area contributed by atoms with Crippen molar-refractivity contribution >= 4 is 22.5 Å². The molecule has 2 heterocycles. The van der Waals surface area contributed by atoms with E-state index in [0.29, 0.717) is 11.3 Å². The molecule has 5 aromatic rings. The summed E-state index contributed by atoms with van der Waals surface area (Å²) >= 11 is 0. The molecule has 7 heteroatoms. The SMILES string of the molecule is Cc1ccc(-c2ccc(N3CCC(N)CC3)cc2)cc1C(=O)NC(c1cc2ccccc2[nH]1)c1cc(F)ccc1O. The molecule has 1 aliphatic rings. The number of nitrogens with one attached hydrogen (secondary N) is 2. The molecule has 6 nitrogen and oxygen atoms in total. The van der Waals surface area contributed by atoms with Gasteiger partial charge in [0.15, 0.2) is 0 Å². The van der Waals surface area contributed by atoms with Gasteiger partial charge >= 0.3 is 0 Å². The van der Waals surface area contributed by atoms with Gasteiger partial charge in [-0.3, -0.25) is 4.79 Å². The largest absolute Gasteiger partial charge is 0.508 e. The summed E-state index contributed by atoms with van der Waals surface area (Å²) in [5, 5.41) is 14.7. The van der Waals surface area contributed by atoms with Crippen molar-refractivity contribution in [2.24, 2.45) is 5.73 Å². The topological polar surface area (TPSA) is 94.4 Å². The summed E-state index contributed by atoms with van der Waals surface area (Å²) in [4.78, 5) is 19.5. The fraction of sp³-hybridized carbons (Fsp3) is 0.206. The summed E-state index contributed by atoms with van der Waals surface area (Å²) in [6.45, 7) is 3.79. The summed E-state index contributed by atoms with van der Waals surface area (Å²) in [7, 11) is 0. The second-order valence-electron chi connectivity index (χ2n) is 10.8. The molecule has 5 N–H and O–H groups in total. The summed E-state index contributed by atoms with van der Waals surface area (Å²) < 4.78 is 14.3. The van der Waals surface area contributed by atoms with Crippen LogP contribution in [-0.2, 0) is 0 Å². The van der Waals surface area contributed by atoms with Crippen molar-refractivity contribution in [1.82, 2.24) is 10.3 Å². The maximum absolute atomic E-state index is 14.3. The highest BCUT2D eigenvalue weighted by Gasteiger charge is 2.24. The van der Waals surface area contributed by atoms with Crippen molar-refractivity contribution in [1.29, 1.82) is 0 Å². The van der Waals surface area contributed by atoms with Crippen molar-refractivity contribution in [3.63, 3.8) is 0 Å². The van der Waals surface area contributed by atoms with Crippen LogP contribution >= 0.6 is 0 Å². The van der Waals surface area contributed by atoms with Gasteiger partial charge in [0.1, 0.15) is 11.6 Å². The number of rotatable bonds is 6. The molecule has 41 heavy (non-hydrogen) atoms. The number of benzene rings is 4. The first-order valence-electron chi connectivity index (χ1n) is 13.9. The van der Waals surface area contributed by atoms with Gasteiger partial charge in [-0.05, 0) is 90.4 Å². The molecule has 4 aromatic carbocycles. The molecule has 1 amide bonds. The van der Waals surface area contributed by atoms with E-state index in [1.807, 2.05) is 55.5 Å². The van der Waals surface area contributed by atoms with Crippen LogP contribution in [0.5, 0.6) is 5.75 Å². The highest BCUT2D eigenvalue weighted by atomic mass is 19.1. The summed E-state index contributed by atoms with van der Waals surface area (Å²) in [5.41, 5.74) is 12.3. The molecule has 0 aliphatic carbocycles. The maximum atomic E-state index is 14.3. The quantitative estimate of drug-likeness (QED) is 0.197. The predicted molar refractivity (Wildman–Crippen MR) is 162 cm³/mol. The van der Waals surface area contributed by atoms with Crippen molar-refractivity contribution < 1.29 is 14.3 Å². The van der Waals surface area contributed by atoms with Crippen LogP contribution < -0.4 is 16.0 Å². The molecule has 0 radical (unpaired) electrons. The number of carbonyl (C=O) groups excluding carboxylic acids is 1. The van der Waals surface area contributed by atoms with E-state index in [1.165, 1.54) is 23.9 Å². The zero-order chi connectivity index (χ0) is 28.5. The van der Waals surface area contributed by atoms with E-state index in [0.717, 1.165) is 53.5 Å². The molecule has 1 aromatic heterocycles. The Morgan fingerprint density at radius 3 is 2.46 bits per heavy atom. The van der Waals surface area contributed by atoms with E-state index < -0.39 is 11.9 Å². The number of carbonyl (C=O) groups is 1. The van der Waals surface area contributed by atoms with E-state index >= 15 is 0 Å². The third kappa shape index (κ3) is 5.54. The van der Waals surface area contributed by atoms with Gasteiger partial charge in [-0.15, -0.1) is 0 Å². The zero-order valence-corrected chi connectivity index (χ0v) is 22.9. The Balaban J connectivity index is 1.30. The van der Waals surface area contributed by atoms with Crippen molar-refractivity contribution in [3.05, 3.63) is 119 Å². The Bertz CT molecular complexity index is 1670. The standard InChI is InChI=1S/C34H33FN4O2/c1-21-6-7-23(22-8-11-27(12-9-22)39-16-14-26(36)15-17-39)18-28(21)34(41)38-33(29-20-25(35)10-13-32(29)40)31-19-24-4-2-3-5-30(24)37-31/h2-13,18-20,26,33,37,40H,14-17,36H2,1H3,(H,38,41). The lowest BCUT2D eigenvalue weighted by Gasteiger charge is -2.32. The highest BCUT2D eigenvalue weighted by Crippen LogP contribution is 2.33. The zero-order valence-electron chi connectivity index (χ0n) is 22.9. The normalized spacial score (nSPS) is 14.8. The molecule has 1 unspecified atom stereocenters. The number of aromatic hydroxyl groups is 1. The minimum atomic E-state index is -0.800. The van der Waals surface area contributed by atoms with E-state index in [4.69, 9.17) is 5.73 Å². The van der Waals surface area contributed by atoms with Gasteiger partial charge in [0.2, 0.25) is 0 Å². The molecule has 1 atom stereocenters. The second-order valence-corrected chi connectivity index (χ2v) is 10.8. The third-order valence-electron chi connectivity index (χ3n) is 8.03. The highest BCUT2D eigenvalue weighted by molar-refractivity contribution is 5.97. The molecule has 0 spiro atoms. The lowest BCUT2D eigenvalue weighted by Crippen LogP contribution is -2.39. The fourth-order valence-electron chi connectivity index (χ4n) is 5.61. The summed E-state index contributed by atoms with van der Waals surface area (Å²) in [5.74, 6) is -0.920. The van der Waals surface area contributed by atoms with E-state index in [9.17, 15) is 14.3 Å². The van der Waals surface area contributed by atoms with Gasteiger partial charge in [-0.2, -0.15) is 0 Å². The molecule has 1 aliphatic heterocycles. The first kappa shape index (κ1) is 26.6. The average molecular weight is 549 g/mol. The number of phenolic OH excluding ortho intramolecular Hbond substituents is 1. The van der Waals surface area contributed by atoms with E-state index in [2.05, 4.69) is 39.5 Å². The number of aromatic amines is 1. The number of H-pyrrole nitrogens is 1. The van der Waals surface area contributed by atoms with Crippen LogP contribution in [0.1, 0.15) is 46.1 Å². The molecule has 0 saturated carbocycles. The fourth-order valence-corrected chi connectivity index (χ4v) is 5.61. The second kappa shape index (κ2) is 11.1. The number of piperidine rings is 1. The van der Waals surface area contributed by atoms with Gasteiger partial charge in [0.25, 0.3) is 5.91 Å². The number of phenols is 1. The maximum Gasteiger partial charge on any atom is 0.252 e. The number of anilines is 1. The minimum absolute atomic E-state index is 0.100. The molecular formula is C34H33FN4O2. The molecule has 1 saturated heterocycles. The Morgan fingerprint density at radius 2 is 1.71 bits per heavy atom. The summed E-state index contributed by atoms with van der Waals surface area (Å²) in [6, 6.07) is 27.1. The lowest BCUT2D eigenvalue weighted by atomic mass is 9.97. The van der Waals surface area contributed by atoms with Crippen molar-refractivity contribution in [2.75, 3.05) is 18.0 Å². The lowest BCUT2D eigenvalue weighted by molar-refractivity contribution is 0.0941. The number of hydrogen-bond donors (Lipinski definition) is 4. The number of para-hydroxylation sites is 1. The number of hydrogen-bond acceptors (Lipinski definition) is 4. The van der Waals surface area contributed by atoms with Crippen LogP contribution in [0.25, 0.3) is 22.0 Å². The number of aryl methyl sites for hydroxylation is 1. The number of amides is 1. The Hall–Kier alpha value is -4.62. The number of fused-ring (bicyclic) bond motifs is 1. The first-order chi connectivity index (χ1) is 19.9. The number of aromatic nitrogens is 1. The summed E-state index contributed by atoms with van der Waals surface area (Å²) in [6.07, 6.45) is 1.98. The van der Waals surface area contributed by atoms with Crippen LogP contribution in [0.2, 0.25) is 0 Å². The molecular weight excluding hydrogens is 515 g/mol. The van der Waals surface area contributed by atoms with Crippen molar-refractivity contribution in [3.8, 4) is 16.9 Å².